The topological polar surface area (TPSA) is 117 Å². The van der Waals surface area contributed by atoms with Crippen LogP contribution in [0.5, 0.6) is 0 Å². The molecule has 3 aromatic carbocycles. The summed E-state index contributed by atoms with van der Waals surface area (Å²) in [4.78, 5) is 28.8. The predicted octanol–water partition coefficient (Wildman–Crippen LogP) is 3.49. The van der Waals surface area contributed by atoms with Crippen molar-refractivity contribution in [2.24, 2.45) is 4.99 Å². The SMILES string of the molecule is COC(=O)[C@H](O)[C@H](O)[C@H](CCCNC(=O)OCc1ccccc1)N=C(c1ccccc1)c1ccccc1. The second kappa shape index (κ2) is 14.5. The predicted molar refractivity (Wildman–Crippen MR) is 140 cm³/mol. The van der Waals surface area contributed by atoms with E-state index in [9.17, 15) is 19.8 Å². The summed E-state index contributed by atoms with van der Waals surface area (Å²) in [5.41, 5.74) is 3.13. The van der Waals surface area contributed by atoms with Gasteiger partial charge in [-0.2, -0.15) is 0 Å². The highest BCUT2D eigenvalue weighted by atomic mass is 16.5. The molecule has 0 aromatic heterocycles. The standard InChI is InChI=1S/C29H32N2O6/c1-36-28(34)27(33)26(32)24(18-11-19-30-29(35)37-20-21-12-5-2-6-13-21)31-25(22-14-7-3-8-15-22)23-16-9-4-10-17-23/h2-10,12-17,24,26-27,32-33H,11,18-20H2,1H3,(H,30,35)/t24-,26+,27+/m0/s1. The normalized spacial score (nSPS) is 13.1. The van der Waals surface area contributed by atoms with Gasteiger partial charge in [0.05, 0.1) is 18.9 Å². The van der Waals surface area contributed by atoms with Gasteiger partial charge in [0.15, 0.2) is 6.10 Å². The van der Waals surface area contributed by atoms with E-state index in [1.165, 1.54) is 0 Å². The summed E-state index contributed by atoms with van der Waals surface area (Å²) in [7, 11) is 1.14. The van der Waals surface area contributed by atoms with Gasteiger partial charge in [-0.05, 0) is 18.4 Å². The highest BCUT2D eigenvalue weighted by molar-refractivity contribution is 6.13. The van der Waals surface area contributed by atoms with Crippen LogP contribution in [0.1, 0.15) is 29.5 Å². The number of carbonyl (C=O) groups is 2. The van der Waals surface area contributed by atoms with Crippen LogP contribution in [0.3, 0.4) is 0 Å². The summed E-state index contributed by atoms with van der Waals surface area (Å²) in [6.07, 6.45) is -3.16. The van der Waals surface area contributed by atoms with Crippen molar-refractivity contribution in [1.82, 2.24) is 5.32 Å². The second-order valence-electron chi connectivity index (χ2n) is 8.37. The largest absolute Gasteiger partial charge is 0.467 e. The number of aliphatic imine (C=N–C) groups is 1. The Morgan fingerprint density at radius 1 is 0.865 bits per heavy atom. The fourth-order valence-corrected chi connectivity index (χ4v) is 3.73. The maximum Gasteiger partial charge on any atom is 0.407 e. The van der Waals surface area contributed by atoms with Crippen LogP contribution in [0.25, 0.3) is 0 Å². The van der Waals surface area contributed by atoms with Gasteiger partial charge in [-0.25, -0.2) is 9.59 Å². The van der Waals surface area contributed by atoms with Crippen LogP contribution in [0.15, 0.2) is 96.0 Å². The summed E-state index contributed by atoms with van der Waals surface area (Å²) in [6, 6.07) is 27.4. The molecule has 0 fully saturated rings. The average Bonchev–Trinajstić information content (AvgIpc) is 2.96. The number of amides is 1. The number of ether oxygens (including phenoxy) is 2. The average molecular weight is 505 g/mol. The van der Waals surface area contributed by atoms with Crippen LogP contribution < -0.4 is 5.32 Å². The molecule has 0 aliphatic rings. The second-order valence-corrected chi connectivity index (χ2v) is 8.37. The lowest BCUT2D eigenvalue weighted by Crippen LogP contribution is -2.43. The summed E-state index contributed by atoms with van der Waals surface area (Å²) in [5.74, 6) is -0.948. The molecular weight excluding hydrogens is 472 g/mol. The molecule has 194 valence electrons. The Hall–Kier alpha value is -4.01. The van der Waals surface area contributed by atoms with E-state index < -0.39 is 30.3 Å². The van der Waals surface area contributed by atoms with E-state index in [1.807, 2.05) is 91.0 Å². The van der Waals surface area contributed by atoms with Crippen LogP contribution >= 0.6 is 0 Å². The monoisotopic (exact) mass is 504 g/mol. The number of hydrogen-bond acceptors (Lipinski definition) is 7. The minimum absolute atomic E-state index is 0.154. The summed E-state index contributed by atoms with van der Waals surface area (Å²) in [5, 5.41) is 23.9. The number of nitrogens with one attached hydrogen (secondary N) is 1. The van der Waals surface area contributed by atoms with Gasteiger partial charge in [-0.1, -0.05) is 91.0 Å². The molecule has 3 aromatic rings. The maximum atomic E-state index is 12.1. The van der Waals surface area contributed by atoms with Crippen molar-refractivity contribution in [3.8, 4) is 0 Å². The number of rotatable bonds is 12. The Labute approximate surface area is 216 Å². The van der Waals surface area contributed by atoms with Crippen molar-refractivity contribution in [2.75, 3.05) is 13.7 Å². The number of hydrogen-bond donors (Lipinski definition) is 3. The number of aliphatic hydroxyl groups is 2. The number of carbonyl (C=O) groups excluding carboxylic acids is 2. The number of nitrogens with zero attached hydrogens (tertiary/aromatic N) is 1. The number of benzene rings is 3. The molecule has 0 spiro atoms. The Bertz CT molecular complexity index is 1100. The van der Waals surface area contributed by atoms with Gasteiger partial charge >= 0.3 is 12.1 Å². The quantitative estimate of drug-likeness (QED) is 0.197. The molecule has 8 nitrogen and oxygen atoms in total. The van der Waals surface area contributed by atoms with E-state index in [2.05, 4.69) is 10.1 Å². The number of aliphatic hydroxyl groups excluding tert-OH is 2. The Balaban J connectivity index is 1.72. The molecule has 0 unspecified atom stereocenters. The zero-order valence-corrected chi connectivity index (χ0v) is 20.7. The van der Waals surface area contributed by atoms with E-state index in [4.69, 9.17) is 9.73 Å². The van der Waals surface area contributed by atoms with Crippen LogP contribution in [-0.2, 0) is 20.9 Å². The van der Waals surface area contributed by atoms with Crippen LogP contribution in [-0.4, -0.2) is 59.9 Å². The van der Waals surface area contributed by atoms with Gasteiger partial charge in [0.1, 0.15) is 12.7 Å². The molecule has 3 rings (SSSR count). The Morgan fingerprint density at radius 3 is 1.95 bits per heavy atom. The molecule has 0 saturated carbocycles. The Kier molecular flexibility index (Phi) is 10.8. The summed E-state index contributed by atoms with van der Waals surface area (Å²) < 4.78 is 9.83. The van der Waals surface area contributed by atoms with Crippen LogP contribution in [0.2, 0.25) is 0 Å². The van der Waals surface area contributed by atoms with Gasteiger partial charge < -0.3 is 25.0 Å². The van der Waals surface area contributed by atoms with Gasteiger partial charge in [-0.3, -0.25) is 4.99 Å². The molecule has 3 atom stereocenters. The fourth-order valence-electron chi connectivity index (χ4n) is 3.73. The molecule has 0 aliphatic heterocycles. The lowest BCUT2D eigenvalue weighted by Gasteiger charge is -2.24. The third-order valence-electron chi connectivity index (χ3n) is 5.71. The van der Waals surface area contributed by atoms with Gasteiger partial charge in [0.2, 0.25) is 0 Å². The first-order chi connectivity index (χ1) is 18.0. The summed E-state index contributed by atoms with van der Waals surface area (Å²) >= 11 is 0. The van der Waals surface area contributed by atoms with E-state index in [0.717, 1.165) is 23.8 Å². The smallest absolute Gasteiger partial charge is 0.407 e. The van der Waals surface area contributed by atoms with Crippen molar-refractivity contribution in [2.45, 2.75) is 37.7 Å². The Morgan fingerprint density at radius 2 is 1.41 bits per heavy atom. The third-order valence-corrected chi connectivity index (χ3v) is 5.71. The molecular formula is C29H32N2O6. The number of alkyl carbamates (subject to hydrolysis) is 1. The van der Waals surface area contributed by atoms with Crippen molar-refractivity contribution < 1.29 is 29.3 Å². The molecule has 0 radical (unpaired) electrons. The van der Waals surface area contributed by atoms with E-state index in [0.29, 0.717) is 12.1 Å². The minimum Gasteiger partial charge on any atom is -0.467 e. The van der Waals surface area contributed by atoms with E-state index in [1.54, 1.807) is 0 Å². The minimum atomic E-state index is -1.77. The highest BCUT2D eigenvalue weighted by Crippen LogP contribution is 2.18. The van der Waals surface area contributed by atoms with Crippen LogP contribution in [0.4, 0.5) is 4.79 Å². The number of esters is 1. The van der Waals surface area contributed by atoms with Crippen molar-refractivity contribution in [3.05, 3.63) is 108 Å². The zero-order valence-electron chi connectivity index (χ0n) is 20.7. The third kappa shape index (κ3) is 8.56. The van der Waals surface area contributed by atoms with E-state index >= 15 is 0 Å². The molecule has 0 aliphatic carbocycles. The zero-order chi connectivity index (χ0) is 26.5. The molecule has 1 amide bonds. The van der Waals surface area contributed by atoms with Gasteiger partial charge in [-0.15, -0.1) is 0 Å². The first kappa shape index (κ1) is 27.6. The molecule has 0 bridgehead atoms. The maximum absolute atomic E-state index is 12.1. The lowest BCUT2D eigenvalue weighted by molar-refractivity contribution is -0.157. The lowest BCUT2D eigenvalue weighted by atomic mass is 9.98. The molecule has 37 heavy (non-hydrogen) atoms. The highest BCUT2D eigenvalue weighted by Gasteiger charge is 2.32. The van der Waals surface area contributed by atoms with Crippen molar-refractivity contribution >= 4 is 17.8 Å². The number of methoxy groups -OCH3 is 1. The molecule has 8 heteroatoms. The summed E-state index contributed by atoms with van der Waals surface area (Å²) in [6.45, 7) is 0.411. The van der Waals surface area contributed by atoms with Crippen molar-refractivity contribution in [1.29, 1.82) is 0 Å². The first-order valence-electron chi connectivity index (χ1n) is 12.1. The van der Waals surface area contributed by atoms with E-state index in [-0.39, 0.29) is 19.6 Å². The fraction of sp³-hybridized carbons (Fsp3) is 0.276. The van der Waals surface area contributed by atoms with Crippen molar-refractivity contribution in [3.63, 3.8) is 0 Å². The first-order valence-corrected chi connectivity index (χ1v) is 12.1. The molecule has 3 N–H and O–H groups in total. The molecule has 0 saturated heterocycles. The van der Waals surface area contributed by atoms with Gasteiger partial charge in [0, 0.05) is 17.7 Å². The van der Waals surface area contributed by atoms with Crippen LogP contribution in [0, 0.1) is 0 Å². The van der Waals surface area contributed by atoms with Gasteiger partial charge in [0.25, 0.3) is 0 Å². The molecule has 0 heterocycles.